The van der Waals surface area contributed by atoms with Gasteiger partial charge in [0.2, 0.25) is 6.79 Å². The molecule has 2 aromatic carbocycles. The number of rotatable bonds is 7. The van der Waals surface area contributed by atoms with Gasteiger partial charge in [-0.3, -0.25) is 4.79 Å². The molecule has 0 saturated carbocycles. The molecule has 0 radical (unpaired) electrons. The number of ether oxygens (including phenoxy) is 5. The summed E-state index contributed by atoms with van der Waals surface area (Å²) in [6.07, 6.45) is 0. The van der Waals surface area contributed by atoms with Crippen LogP contribution in [-0.2, 0) is 0 Å². The van der Waals surface area contributed by atoms with E-state index >= 15 is 0 Å². The van der Waals surface area contributed by atoms with E-state index < -0.39 is 0 Å². The van der Waals surface area contributed by atoms with Crippen molar-refractivity contribution in [2.45, 2.75) is 0 Å². The number of nitrogens with one attached hydrogen (secondary N) is 1. The Bertz CT molecular complexity index is 761. The predicted molar refractivity (Wildman–Crippen MR) is 89.9 cm³/mol. The van der Waals surface area contributed by atoms with Gasteiger partial charge < -0.3 is 29.0 Å². The van der Waals surface area contributed by atoms with E-state index in [-0.39, 0.29) is 12.7 Å². The molecule has 0 bridgehead atoms. The Hall–Kier alpha value is -3.09. The zero-order valence-electron chi connectivity index (χ0n) is 14.0. The van der Waals surface area contributed by atoms with Gasteiger partial charge in [-0.15, -0.1) is 0 Å². The molecule has 1 aliphatic rings. The lowest BCUT2D eigenvalue weighted by Crippen LogP contribution is -2.28. The molecule has 0 unspecified atom stereocenters. The molecule has 0 atom stereocenters. The van der Waals surface area contributed by atoms with E-state index in [1.807, 2.05) is 0 Å². The van der Waals surface area contributed by atoms with Crippen molar-refractivity contribution in [2.24, 2.45) is 0 Å². The first-order valence-corrected chi connectivity index (χ1v) is 7.74. The summed E-state index contributed by atoms with van der Waals surface area (Å²) in [5.74, 6) is 2.65. The number of carbonyl (C=O) groups is 1. The lowest BCUT2D eigenvalue weighted by Gasteiger charge is -2.13. The van der Waals surface area contributed by atoms with Crippen molar-refractivity contribution in [1.82, 2.24) is 5.32 Å². The summed E-state index contributed by atoms with van der Waals surface area (Å²) in [5, 5.41) is 2.79. The Morgan fingerprint density at radius 3 is 2.76 bits per heavy atom. The maximum atomic E-state index is 12.3. The number of hydrogen-bond acceptors (Lipinski definition) is 6. The van der Waals surface area contributed by atoms with Crippen LogP contribution in [0.25, 0.3) is 0 Å². The standard InChI is InChI=1S/C18H19NO6/c1-21-15-5-3-4-13(17(15)22-2)18(20)19-8-9-23-12-6-7-14-16(10-12)25-11-24-14/h3-7,10H,8-9,11H2,1-2H3,(H,19,20). The van der Waals surface area contributed by atoms with Crippen molar-refractivity contribution in [3.8, 4) is 28.7 Å². The van der Waals surface area contributed by atoms with Crippen molar-refractivity contribution in [2.75, 3.05) is 34.2 Å². The lowest BCUT2D eigenvalue weighted by atomic mass is 10.1. The summed E-state index contributed by atoms with van der Waals surface area (Å²) in [6.45, 7) is 0.878. The van der Waals surface area contributed by atoms with Crippen LogP contribution >= 0.6 is 0 Å². The maximum absolute atomic E-state index is 12.3. The minimum atomic E-state index is -0.259. The molecule has 1 heterocycles. The van der Waals surface area contributed by atoms with Gasteiger partial charge in [-0.2, -0.15) is 0 Å². The highest BCUT2D eigenvalue weighted by Crippen LogP contribution is 2.35. The first-order chi connectivity index (χ1) is 12.2. The number of para-hydroxylation sites is 1. The number of amides is 1. The number of benzene rings is 2. The number of carbonyl (C=O) groups excluding carboxylic acids is 1. The molecule has 0 aromatic heterocycles. The molecule has 1 N–H and O–H groups in total. The normalized spacial score (nSPS) is 11.8. The second kappa shape index (κ2) is 7.65. The summed E-state index contributed by atoms with van der Waals surface area (Å²) in [7, 11) is 3.02. The van der Waals surface area contributed by atoms with Crippen LogP contribution in [0.5, 0.6) is 28.7 Å². The molecule has 3 rings (SSSR count). The fourth-order valence-corrected chi connectivity index (χ4v) is 2.46. The van der Waals surface area contributed by atoms with Crippen LogP contribution in [0.4, 0.5) is 0 Å². The summed E-state index contributed by atoms with van der Waals surface area (Å²) in [6, 6.07) is 10.5. The van der Waals surface area contributed by atoms with Gasteiger partial charge in [0.05, 0.1) is 26.3 Å². The van der Waals surface area contributed by atoms with Crippen molar-refractivity contribution >= 4 is 5.91 Å². The van der Waals surface area contributed by atoms with Gasteiger partial charge in [0.15, 0.2) is 23.0 Å². The highest BCUT2D eigenvalue weighted by Gasteiger charge is 2.16. The zero-order chi connectivity index (χ0) is 17.6. The average Bonchev–Trinajstić information content (AvgIpc) is 3.12. The minimum absolute atomic E-state index is 0.219. The summed E-state index contributed by atoms with van der Waals surface area (Å²) < 4.78 is 26.6. The molecule has 0 saturated heterocycles. The van der Waals surface area contributed by atoms with Crippen LogP contribution in [-0.4, -0.2) is 40.1 Å². The number of fused-ring (bicyclic) bond motifs is 1. The Labute approximate surface area is 145 Å². The van der Waals surface area contributed by atoms with E-state index in [1.165, 1.54) is 14.2 Å². The van der Waals surface area contributed by atoms with E-state index in [0.29, 0.717) is 47.5 Å². The molecule has 25 heavy (non-hydrogen) atoms. The molecule has 132 valence electrons. The average molecular weight is 345 g/mol. The molecule has 0 spiro atoms. The number of methoxy groups -OCH3 is 2. The van der Waals surface area contributed by atoms with E-state index in [4.69, 9.17) is 23.7 Å². The first-order valence-electron chi connectivity index (χ1n) is 7.74. The van der Waals surface area contributed by atoms with Gasteiger partial charge in [0.1, 0.15) is 12.4 Å². The summed E-state index contributed by atoms with van der Waals surface area (Å²) >= 11 is 0. The first kappa shape index (κ1) is 16.8. The Balaban J connectivity index is 1.53. The molecular formula is C18H19NO6. The van der Waals surface area contributed by atoms with E-state index in [0.717, 1.165) is 0 Å². The van der Waals surface area contributed by atoms with E-state index in [2.05, 4.69) is 5.32 Å². The highest BCUT2D eigenvalue weighted by molar-refractivity contribution is 5.97. The van der Waals surface area contributed by atoms with Gasteiger partial charge in [0.25, 0.3) is 5.91 Å². The molecule has 7 heteroatoms. The van der Waals surface area contributed by atoms with E-state index in [1.54, 1.807) is 36.4 Å². The van der Waals surface area contributed by atoms with Crippen molar-refractivity contribution in [1.29, 1.82) is 0 Å². The minimum Gasteiger partial charge on any atom is -0.493 e. The Morgan fingerprint density at radius 2 is 1.96 bits per heavy atom. The monoisotopic (exact) mass is 345 g/mol. The van der Waals surface area contributed by atoms with Gasteiger partial charge >= 0.3 is 0 Å². The van der Waals surface area contributed by atoms with Gasteiger partial charge in [-0.25, -0.2) is 0 Å². The maximum Gasteiger partial charge on any atom is 0.255 e. The second-order valence-corrected chi connectivity index (χ2v) is 5.16. The van der Waals surface area contributed by atoms with Crippen LogP contribution in [0, 0.1) is 0 Å². The SMILES string of the molecule is COc1cccc(C(=O)NCCOc2ccc3c(c2)OCO3)c1OC. The third-order valence-corrected chi connectivity index (χ3v) is 3.65. The molecule has 2 aromatic rings. The van der Waals surface area contributed by atoms with Crippen molar-refractivity contribution in [3.05, 3.63) is 42.0 Å². The molecule has 0 aliphatic carbocycles. The van der Waals surface area contributed by atoms with Crippen LogP contribution in [0.15, 0.2) is 36.4 Å². The molecule has 1 aliphatic heterocycles. The Kier molecular flexibility index (Phi) is 5.13. The van der Waals surface area contributed by atoms with Crippen LogP contribution in [0.2, 0.25) is 0 Å². The smallest absolute Gasteiger partial charge is 0.255 e. The van der Waals surface area contributed by atoms with Gasteiger partial charge in [-0.1, -0.05) is 6.07 Å². The van der Waals surface area contributed by atoms with Crippen molar-refractivity contribution < 1.29 is 28.5 Å². The quantitative estimate of drug-likeness (QED) is 0.776. The van der Waals surface area contributed by atoms with Gasteiger partial charge in [0, 0.05) is 6.07 Å². The van der Waals surface area contributed by atoms with Crippen molar-refractivity contribution in [3.63, 3.8) is 0 Å². The summed E-state index contributed by atoms with van der Waals surface area (Å²) in [5.41, 5.74) is 0.407. The second-order valence-electron chi connectivity index (χ2n) is 5.16. The third-order valence-electron chi connectivity index (χ3n) is 3.65. The molecule has 0 fully saturated rings. The topological polar surface area (TPSA) is 75.3 Å². The fourth-order valence-electron chi connectivity index (χ4n) is 2.46. The van der Waals surface area contributed by atoms with Crippen LogP contribution < -0.4 is 29.0 Å². The largest absolute Gasteiger partial charge is 0.493 e. The van der Waals surface area contributed by atoms with Gasteiger partial charge in [-0.05, 0) is 24.3 Å². The predicted octanol–water partition coefficient (Wildman–Crippen LogP) is 2.24. The molecular weight excluding hydrogens is 326 g/mol. The lowest BCUT2D eigenvalue weighted by molar-refractivity contribution is 0.0943. The summed E-state index contributed by atoms with van der Waals surface area (Å²) in [4.78, 5) is 12.3. The van der Waals surface area contributed by atoms with E-state index in [9.17, 15) is 4.79 Å². The Morgan fingerprint density at radius 1 is 1.12 bits per heavy atom. The zero-order valence-corrected chi connectivity index (χ0v) is 14.0. The van der Waals surface area contributed by atoms with Crippen LogP contribution in [0.3, 0.4) is 0 Å². The number of hydrogen-bond donors (Lipinski definition) is 1. The molecule has 7 nitrogen and oxygen atoms in total. The fraction of sp³-hybridized carbons (Fsp3) is 0.278. The van der Waals surface area contributed by atoms with Crippen LogP contribution in [0.1, 0.15) is 10.4 Å². The molecule has 1 amide bonds. The highest BCUT2D eigenvalue weighted by atomic mass is 16.7. The third kappa shape index (κ3) is 3.71.